The molecule has 0 unspecified atom stereocenters. The average Bonchev–Trinajstić information content (AvgIpc) is 3.30. The lowest BCUT2D eigenvalue weighted by Gasteiger charge is -2.39. The predicted molar refractivity (Wildman–Crippen MR) is 271 cm³/mol. The van der Waals surface area contributed by atoms with Crippen LogP contribution in [0, 0.1) is 5.92 Å². The Balaban J connectivity index is 2.16. The first-order chi connectivity index (χ1) is 33.2. The van der Waals surface area contributed by atoms with E-state index in [0.29, 0.717) is 17.7 Å². The van der Waals surface area contributed by atoms with E-state index in [1.165, 1.54) is 23.6 Å². The maximum absolute atomic E-state index is 14.8. The summed E-state index contributed by atoms with van der Waals surface area (Å²) in [7, 11) is 2.16. The number of guanidine groups is 2. The molecule has 2 aliphatic heterocycles. The Bertz CT molecular complexity index is 2070. The normalized spacial score (nSPS) is 23.7. The van der Waals surface area contributed by atoms with Gasteiger partial charge in [-0.05, 0) is 74.0 Å². The molecule has 2 heterocycles. The third kappa shape index (κ3) is 19.8. The largest absolute Gasteiger partial charge is 0.370 e. The number of hydrogen-bond donors (Lipinski definition) is 12. The molecule has 0 saturated carbocycles. The number of carbonyl (C=O) groups is 9. The standard InChI is InChI=1S/C43H69N15O9S3/c1-23(2)19-30-38(64)54-27(11-7-15-49-42(45)46)36(62)51-20-33(60)53-31(35(44)61)21-69-70-22-32(52-24(3)59)39(65)56-29(14-18-68-4)41(67)58-17-13-25-9-5-6-10-26(25)34(58)40(66)55-28(37(63)57-30)12-8-16-50-43(47)48/h5-6,9-10,23,27-32,34H,7-8,11-22H2,1-4H3,(H2,44,61)(H,51,62)(H,52,59)(H,53,60)(H,54,64)(H,55,66)(H,56,65)(H,57,63)(H4,45,46,49)(H4,47,48,50)/t27-,28-,29-,30-,31-,32+,34-/m0/s1. The quantitative estimate of drug-likeness (QED) is 0.0359. The number of benzene rings is 1. The van der Waals surface area contributed by atoms with Crippen molar-refractivity contribution in [1.29, 1.82) is 0 Å². The number of amides is 9. The van der Waals surface area contributed by atoms with Crippen LogP contribution in [0.5, 0.6) is 0 Å². The number of nitrogens with one attached hydrogen (secondary N) is 7. The highest BCUT2D eigenvalue weighted by atomic mass is 33.1. The third-order valence-corrected chi connectivity index (χ3v) is 14.0. The van der Waals surface area contributed by atoms with Crippen molar-refractivity contribution in [2.75, 3.05) is 49.7 Å². The molecule has 1 aromatic rings. The van der Waals surface area contributed by atoms with Gasteiger partial charge in [0.15, 0.2) is 11.9 Å². The van der Waals surface area contributed by atoms with Crippen molar-refractivity contribution < 1.29 is 43.2 Å². The van der Waals surface area contributed by atoms with Gasteiger partial charge in [-0.15, -0.1) is 0 Å². The number of aliphatic imine (C=N–C) groups is 2. The molecule has 17 N–H and O–H groups in total. The minimum Gasteiger partial charge on any atom is -0.370 e. The second-order valence-corrected chi connectivity index (χ2v) is 20.5. The van der Waals surface area contributed by atoms with Crippen LogP contribution in [0.1, 0.15) is 76.5 Å². The highest BCUT2D eigenvalue weighted by molar-refractivity contribution is 8.76. The van der Waals surface area contributed by atoms with E-state index in [9.17, 15) is 43.2 Å². The molecule has 0 aliphatic carbocycles. The molecule has 9 amide bonds. The number of rotatable bonds is 15. The van der Waals surface area contributed by atoms with Crippen LogP contribution in [0.25, 0.3) is 0 Å². The van der Waals surface area contributed by atoms with Gasteiger partial charge in [0, 0.05) is 38.1 Å². The van der Waals surface area contributed by atoms with Crippen molar-refractivity contribution in [1.82, 2.24) is 42.1 Å². The van der Waals surface area contributed by atoms with Crippen molar-refractivity contribution in [3.05, 3.63) is 35.4 Å². The van der Waals surface area contributed by atoms with E-state index >= 15 is 0 Å². The molecule has 0 spiro atoms. The monoisotopic (exact) mass is 1040 g/mol. The molecular formula is C43H69N15O9S3. The highest BCUT2D eigenvalue weighted by Gasteiger charge is 2.41. The van der Waals surface area contributed by atoms with E-state index in [1.54, 1.807) is 18.2 Å². The van der Waals surface area contributed by atoms with Gasteiger partial charge in [0.05, 0.1) is 6.54 Å². The summed E-state index contributed by atoms with van der Waals surface area (Å²) in [6.07, 6.45) is 2.82. The molecule has 27 heteroatoms. The van der Waals surface area contributed by atoms with Gasteiger partial charge in [-0.1, -0.05) is 59.7 Å². The van der Waals surface area contributed by atoms with Gasteiger partial charge in [-0.2, -0.15) is 11.8 Å². The van der Waals surface area contributed by atoms with Gasteiger partial charge < -0.3 is 70.8 Å². The first-order valence-corrected chi connectivity index (χ1v) is 26.7. The minimum absolute atomic E-state index is 0.00666. The van der Waals surface area contributed by atoms with Crippen molar-refractivity contribution in [3.63, 3.8) is 0 Å². The molecule has 1 saturated heterocycles. The fraction of sp³-hybridized carbons (Fsp3) is 0.605. The molecule has 3 rings (SSSR count). The molecule has 70 heavy (non-hydrogen) atoms. The van der Waals surface area contributed by atoms with Crippen molar-refractivity contribution in [2.45, 2.75) is 108 Å². The molecular weight excluding hydrogens is 967 g/mol. The van der Waals surface area contributed by atoms with E-state index in [4.69, 9.17) is 28.7 Å². The molecule has 388 valence electrons. The number of nitrogens with zero attached hydrogens (tertiary/aromatic N) is 3. The number of fused-ring (bicyclic) bond motifs is 3. The molecule has 7 atom stereocenters. The van der Waals surface area contributed by atoms with Gasteiger partial charge in [0.25, 0.3) is 0 Å². The summed E-state index contributed by atoms with van der Waals surface area (Å²) in [6.45, 7) is 4.48. The number of nitrogens with two attached hydrogens (primary N) is 5. The summed E-state index contributed by atoms with van der Waals surface area (Å²) in [5.74, 6) is -6.74. The smallest absolute Gasteiger partial charge is 0.248 e. The Labute approximate surface area is 419 Å². The van der Waals surface area contributed by atoms with Crippen molar-refractivity contribution in [3.8, 4) is 0 Å². The SMILES string of the molecule is CSCC[C@@H]1NC(=O)[C@H](NC(C)=O)CSSC[C@@H](C(N)=O)NC(=O)CNC(=O)[C@H](CCCN=C(N)N)NC(=O)[C@H](CC(C)C)NC(=O)[C@H](CCCN=C(N)N)NC(=O)[C@@H]2c3ccccc3CCN2C1=O. The first-order valence-electron chi connectivity index (χ1n) is 22.8. The summed E-state index contributed by atoms with van der Waals surface area (Å²) in [5.41, 5.74) is 29.0. The Morgan fingerprint density at radius 1 is 0.757 bits per heavy atom. The zero-order valence-corrected chi connectivity index (χ0v) is 42.4. The number of thioether (sulfide) groups is 1. The Morgan fingerprint density at radius 2 is 1.33 bits per heavy atom. The van der Waals surface area contributed by atoms with Crippen LogP contribution in [0.2, 0.25) is 0 Å². The van der Waals surface area contributed by atoms with Crippen LogP contribution in [0.15, 0.2) is 34.3 Å². The van der Waals surface area contributed by atoms with Crippen LogP contribution in [-0.4, -0.2) is 156 Å². The maximum atomic E-state index is 14.8. The highest BCUT2D eigenvalue weighted by Crippen LogP contribution is 2.31. The van der Waals surface area contributed by atoms with E-state index < -0.39 is 102 Å². The van der Waals surface area contributed by atoms with E-state index in [-0.39, 0.29) is 87.5 Å². The Hall–Kier alpha value is -5.96. The lowest BCUT2D eigenvalue weighted by molar-refractivity contribution is -0.145. The Morgan fingerprint density at radius 3 is 1.93 bits per heavy atom. The van der Waals surface area contributed by atoms with Crippen molar-refractivity contribution >= 4 is 98.4 Å². The van der Waals surface area contributed by atoms with Gasteiger partial charge >= 0.3 is 0 Å². The predicted octanol–water partition coefficient (Wildman–Crippen LogP) is -3.06. The second-order valence-electron chi connectivity index (χ2n) is 17.0. The second kappa shape index (κ2) is 29.9. The van der Waals surface area contributed by atoms with Crippen LogP contribution >= 0.6 is 33.3 Å². The molecule has 0 radical (unpaired) electrons. The first kappa shape index (κ1) is 58.4. The van der Waals surface area contributed by atoms with Crippen molar-refractivity contribution in [2.24, 2.45) is 44.6 Å². The number of carbonyl (C=O) groups excluding carboxylic acids is 9. The molecule has 24 nitrogen and oxygen atoms in total. The van der Waals surface area contributed by atoms with E-state index in [1.807, 2.05) is 26.2 Å². The van der Waals surface area contributed by atoms with Crippen LogP contribution in [0.3, 0.4) is 0 Å². The van der Waals surface area contributed by atoms with Crippen LogP contribution < -0.4 is 65.9 Å². The summed E-state index contributed by atoms with van der Waals surface area (Å²) >= 11 is 1.43. The molecule has 0 aromatic heterocycles. The lowest BCUT2D eigenvalue weighted by atomic mass is 9.90. The fourth-order valence-corrected chi connectivity index (χ4v) is 10.3. The van der Waals surface area contributed by atoms with Gasteiger partial charge in [-0.25, -0.2) is 0 Å². The zero-order chi connectivity index (χ0) is 51.9. The summed E-state index contributed by atoms with van der Waals surface area (Å²) in [6, 6.07) is -1.58. The minimum atomic E-state index is -1.31. The lowest BCUT2D eigenvalue weighted by Crippen LogP contribution is -2.59. The number of hydrogen-bond acceptors (Lipinski definition) is 14. The maximum Gasteiger partial charge on any atom is 0.248 e. The van der Waals surface area contributed by atoms with E-state index in [0.717, 1.165) is 27.2 Å². The summed E-state index contributed by atoms with van der Waals surface area (Å²) in [4.78, 5) is 133. The summed E-state index contributed by atoms with van der Waals surface area (Å²) < 4.78 is 0. The summed E-state index contributed by atoms with van der Waals surface area (Å²) in [5, 5.41) is 18.7. The van der Waals surface area contributed by atoms with Gasteiger partial charge in [0.1, 0.15) is 42.3 Å². The molecule has 1 aromatic carbocycles. The van der Waals surface area contributed by atoms with E-state index in [2.05, 4.69) is 47.2 Å². The Kier molecular flexibility index (Phi) is 24.9. The molecule has 0 bridgehead atoms. The van der Waals surface area contributed by atoms with Crippen LogP contribution in [-0.2, 0) is 49.6 Å². The van der Waals surface area contributed by atoms with Gasteiger partial charge in [-0.3, -0.25) is 53.1 Å². The average molecular weight is 1040 g/mol. The van der Waals surface area contributed by atoms with Crippen LogP contribution in [0.4, 0.5) is 0 Å². The third-order valence-electron chi connectivity index (χ3n) is 10.9. The van der Waals surface area contributed by atoms with Gasteiger partial charge in [0.2, 0.25) is 53.2 Å². The molecule has 1 fully saturated rings. The zero-order valence-electron chi connectivity index (χ0n) is 40.0. The fourth-order valence-electron chi connectivity index (χ4n) is 7.49. The molecule has 2 aliphatic rings. The number of primary amides is 1. The topological polar surface area (TPSA) is 396 Å².